The van der Waals surface area contributed by atoms with Gasteiger partial charge in [0.25, 0.3) is 0 Å². The summed E-state index contributed by atoms with van der Waals surface area (Å²) in [5.74, 6) is 8.85. The lowest BCUT2D eigenvalue weighted by molar-refractivity contribution is -0.0127. The second-order valence-corrected chi connectivity index (χ2v) is 5.85. The number of terminal acetylenes is 1. The van der Waals surface area contributed by atoms with Crippen LogP contribution in [-0.2, 0) is 0 Å². The number of hydrogen-bond acceptors (Lipinski definition) is 1. The van der Waals surface area contributed by atoms with Gasteiger partial charge in [0, 0.05) is 5.41 Å². The van der Waals surface area contributed by atoms with E-state index in [-0.39, 0.29) is 6.10 Å². The minimum absolute atomic E-state index is 0.00947. The van der Waals surface area contributed by atoms with Crippen LogP contribution < -0.4 is 0 Å². The van der Waals surface area contributed by atoms with Gasteiger partial charge >= 0.3 is 0 Å². The zero-order valence-electron chi connectivity index (χ0n) is 7.35. The van der Waals surface area contributed by atoms with E-state index in [1.807, 2.05) is 0 Å². The second kappa shape index (κ2) is 1.28. The largest absolute Gasteiger partial charge is 0.393 e. The molecule has 6 aliphatic rings. The molecule has 6 rings (SSSR count). The van der Waals surface area contributed by atoms with Crippen molar-refractivity contribution >= 4 is 0 Å². The topological polar surface area (TPSA) is 20.2 Å². The third kappa shape index (κ3) is 0.327. The fourth-order valence-electron chi connectivity index (χ4n) is 6.13. The van der Waals surface area contributed by atoms with E-state index in [2.05, 4.69) is 5.92 Å². The Bertz CT molecular complexity index is 377. The van der Waals surface area contributed by atoms with Gasteiger partial charge in [-0.25, -0.2) is 0 Å². The smallest absolute Gasteiger partial charge is 0.0577 e. The van der Waals surface area contributed by atoms with Gasteiger partial charge in [0.1, 0.15) is 0 Å². The Morgan fingerprint density at radius 1 is 1.15 bits per heavy atom. The monoisotopic (exact) mass is 172 g/mol. The van der Waals surface area contributed by atoms with Crippen LogP contribution in [0.2, 0.25) is 0 Å². The summed E-state index contributed by atoms with van der Waals surface area (Å²) in [6.45, 7) is 0. The summed E-state index contributed by atoms with van der Waals surface area (Å²) < 4.78 is 0. The molecule has 0 spiro atoms. The Morgan fingerprint density at radius 2 is 2.00 bits per heavy atom. The Hall–Kier alpha value is -0.480. The molecule has 0 aromatic carbocycles. The van der Waals surface area contributed by atoms with E-state index in [1.165, 1.54) is 0 Å². The molecule has 6 fully saturated rings. The summed E-state index contributed by atoms with van der Waals surface area (Å²) >= 11 is 0. The molecule has 0 aliphatic heterocycles. The van der Waals surface area contributed by atoms with E-state index in [0.717, 1.165) is 41.9 Å². The molecule has 66 valence electrons. The second-order valence-electron chi connectivity index (χ2n) is 5.85. The van der Waals surface area contributed by atoms with Gasteiger partial charge < -0.3 is 5.11 Å². The molecule has 0 aromatic rings. The van der Waals surface area contributed by atoms with Crippen LogP contribution in [0, 0.1) is 59.2 Å². The van der Waals surface area contributed by atoms with Crippen molar-refractivity contribution in [2.45, 2.75) is 12.5 Å². The van der Waals surface area contributed by atoms with Crippen LogP contribution in [-0.4, -0.2) is 11.2 Å². The summed E-state index contributed by atoms with van der Waals surface area (Å²) in [6, 6.07) is 0. The molecule has 1 nitrogen and oxygen atoms in total. The molecule has 0 amide bonds. The van der Waals surface area contributed by atoms with Gasteiger partial charge in [0.05, 0.1) is 6.10 Å². The summed E-state index contributed by atoms with van der Waals surface area (Å²) in [6.07, 6.45) is 6.80. The van der Waals surface area contributed by atoms with E-state index in [0.29, 0.717) is 11.3 Å². The quantitative estimate of drug-likeness (QED) is 0.534. The first-order valence-corrected chi connectivity index (χ1v) is 5.48. The van der Waals surface area contributed by atoms with E-state index < -0.39 is 0 Å². The zero-order valence-corrected chi connectivity index (χ0v) is 7.35. The standard InChI is InChI=1S/C12H12O/c1-2-12-9-4-3-5(13)7(11(9)12)8-6(4)10(8)12/h1,4-11,13H,3H2/t4?,5-,6?,7?,8?,9?,10?,11?,12?/m0/s1. The molecule has 6 aliphatic carbocycles. The minimum atomic E-state index is 0.00947. The maximum absolute atomic E-state index is 9.95. The molecule has 0 radical (unpaired) electrons. The molecule has 6 saturated carbocycles. The Labute approximate surface area is 77.5 Å². The van der Waals surface area contributed by atoms with Crippen molar-refractivity contribution in [1.29, 1.82) is 0 Å². The van der Waals surface area contributed by atoms with Crippen molar-refractivity contribution in [2.24, 2.45) is 46.8 Å². The third-order valence-electron chi connectivity index (χ3n) is 6.09. The molecule has 13 heavy (non-hydrogen) atoms. The number of aliphatic hydroxyl groups is 1. The normalized spacial score (nSPS) is 83.7. The Morgan fingerprint density at radius 3 is 2.54 bits per heavy atom. The fourth-order valence-corrected chi connectivity index (χ4v) is 6.13. The number of fused-ring (bicyclic) bond motifs is 1. The number of rotatable bonds is 0. The van der Waals surface area contributed by atoms with Crippen LogP contribution in [0.25, 0.3) is 0 Å². The number of hydrogen-bond donors (Lipinski definition) is 1. The predicted octanol–water partition coefficient (Wildman–Crippen LogP) is 0.738. The Kier molecular flexibility index (Phi) is 0.601. The summed E-state index contributed by atoms with van der Waals surface area (Å²) in [5, 5.41) is 9.95. The van der Waals surface area contributed by atoms with Gasteiger partial charge in [-0.2, -0.15) is 0 Å². The third-order valence-corrected chi connectivity index (χ3v) is 6.09. The molecule has 8 unspecified atom stereocenters. The lowest BCUT2D eigenvalue weighted by Crippen LogP contribution is -2.39. The highest BCUT2D eigenvalue weighted by atomic mass is 16.3. The first-order valence-electron chi connectivity index (χ1n) is 5.48. The highest BCUT2D eigenvalue weighted by Gasteiger charge is 2.96. The fraction of sp³-hybridized carbons (Fsp3) is 0.833. The van der Waals surface area contributed by atoms with Crippen molar-refractivity contribution in [3.05, 3.63) is 0 Å². The minimum Gasteiger partial charge on any atom is -0.393 e. The summed E-state index contributed by atoms with van der Waals surface area (Å²) in [5.41, 5.74) is 0.322. The lowest BCUT2D eigenvalue weighted by atomic mass is 9.69. The zero-order chi connectivity index (χ0) is 8.53. The summed E-state index contributed by atoms with van der Waals surface area (Å²) in [7, 11) is 0. The van der Waals surface area contributed by atoms with Crippen molar-refractivity contribution in [1.82, 2.24) is 0 Å². The van der Waals surface area contributed by atoms with Gasteiger partial charge in [-0.15, -0.1) is 6.42 Å². The molecule has 1 heteroatoms. The van der Waals surface area contributed by atoms with Gasteiger partial charge in [-0.3, -0.25) is 0 Å². The highest BCUT2D eigenvalue weighted by molar-refractivity contribution is 5.48. The van der Waals surface area contributed by atoms with Crippen LogP contribution >= 0.6 is 0 Å². The maximum atomic E-state index is 9.95. The molecular weight excluding hydrogens is 160 g/mol. The molecular formula is C12H12O. The highest BCUT2D eigenvalue weighted by Crippen LogP contribution is 2.96. The van der Waals surface area contributed by atoms with Crippen LogP contribution in [0.5, 0.6) is 0 Å². The predicted molar refractivity (Wildman–Crippen MR) is 46.3 cm³/mol. The molecule has 0 saturated heterocycles. The number of aliphatic hydroxyl groups excluding tert-OH is 1. The van der Waals surface area contributed by atoms with Crippen LogP contribution in [0.1, 0.15) is 6.42 Å². The van der Waals surface area contributed by atoms with Crippen molar-refractivity contribution < 1.29 is 5.11 Å². The molecule has 2 bridgehead atoms. The van der Waals surface area contributed by atoms with Crippen LogP contribution in [0.3, 0.4) is 0 Å². The van der Waals surface area contributed by atoms with Crippen LogP contribution in [0.4, 0.5) is 0 Å². The first kappa shape index (κ1) is 6.09. The molecule has 0 heterocycles. The molecule has 0 aromatic heterocycles. The summed E-state index contributed by atoms with van der Waals surface area (Å²) in [4.78, 5) is 0. The van der Waals surface area contributed by atoms with Crippen molar-refractivity contribution in [2.75, 3.05) is 0 Å². The average molecular weight is 172 g/mol. The maximum Gasteiger partial charge on any atom is 0.0577 e. The van der Waals surface area contributed by atoms with Crippen molar-refractivity contribution in [3.63, 3.8) is 0 Å². The first-order chi connectivity index (χ1) is 6.32. The van der Waals surface area contributed by atoms with Crippen LogP contribution in [0.15, 0.2) is 0 Å². The average Bonchev–Trinajstić information content (AvgIpc) is 2.94. The van der Waals surface area contributed by atoms with E-state index in [1.54, 1.807) is 0 Å². The van der Waals surface area contributed by atoms with E-state index >= 15 is 0 Å². The lowest BCUT2D eigenvalue weighted by Gasteiger charge is -2.38. The van der Waals surface area contributed by atoms with Gasteiger partial charge in [0.2, 0.25) is 0 Å². The Balaban J connectivity index is 1.81. The molecule has 1 N–H and O–H groups in total. The van der Waals surface area contributed by atoms with Gasteiger partial charge in [0.15, 0.2) is 0 Å². The van der Waals surface area contributed by atoms with Gasteiger partial charge in [-0.05, 0) is 47.8 Å². The molecule has 9 atom stereocenters. The SMILES string of the molecule is C#CC12C3C4C5C[C@H](O)C(C43)C1C52. The van der Waals surface area contributed by atoms with E-state index in [9.17, 15) is 5.11 Å². The van der Waals surface area contributed by atoms with E-state index in [4.69, 9.17) is 6.42 Å². The van der Waals surface area contributed by atoms with Gasteiger partial charge in [-0.1, -0.05) is 5.92 Å². The van der Waals surface area contributed by atoms with Crippen molar-refractivity contribution in [3.8, 4) is 12.3 Å².